The van der Waals surface area contributed by atoms with Gasteiger partial charge in [0.25, 0.3) is 0 Å². The second-order valence-electron chi connectivity index (χ2n) is 5.61. The number of rotatable bonds is 4. The van der Waals surface area contributed by atoms with Gasteiger partial charge in [0.05, 0.1) is 5.92 Å². The van der Waals surface area contributed by atoms with Crippen LogP contribution in [0.3, 0.4) is 0 Å². The minimum Gasteiger partial charge on any atom is -0.384 e. The lowest BCUT2D eigenvalue weighted by atomic mass is 10.0. The van der Waals surface area contributed by atoms with Gasteiger partial charge in [0, 0.05) is 18.7 Å². The summed E-state index contributed by atoms with van der Waals surface area (Å²) in [6, 6.07) is 7.91. The van der Waals surface area contributed by atoms with Gasteiger partial charge in [-0.2, -0.15) is 0 Å². The Morgan fingerprint density at radius 1 is 1.43 bits per heavy atom. The number of fused-ring (bicyclic) bond motifs is 1. The summed E-state index contributed by atoms with van der Waals surface area (Å²) in [5.41, 5.74) is 2.08. The molecule has 1 unspecified atom stereocenters. The molecule has 21 heavy (non-hydrogen) atoms. The van der Waals surface area contributed by atoms with E-state index in [9.17, 15) is 4.79 Å². The average molecular weight is 302 g/mol. The third-order valence-corrected chi connectivity index (χ3v) is 4.29. The first kappa shape index (κ1) is 14.0. The zero-order valence-corrected chi connectivity index (χ0v) is 12.9. The third-order valence-electron chi connectivity index (χ3n) is 3.43. The quantitative estimate of drug-likeness (QED) is 0.911. The molecule has 110 valence electrons. The van der Waals surface area contributed by atoms with Crippen molar-refractivity contribution in [1.82, 2.24) is 10.2 Å². The van der Waals surface area contributed by atoms with Crippen LogP contribution in [0.5, 0.6) is 0 Å². The van der Waals surface area contributed by atoms with Crippen molar-refractivity contribution in [3.8, 4) is 0 Å². The molecule has 1 aromatic heterocycles. The van der Waals surface area contributed by atoms with Crippen molar-refractivity contribution in [3.05, 3.63) is 34.8 Å². The normalized spacial score (nSPS) is 16.6. The Hall–Kier alpha value is -1.95. The number of aromatic nitrogens is 2. The van der Waals surface area contributed by atoms with E-state index in [1.165, 1.54) is 11.3 Å². The molecule has 1 aromatic carbocycles. The van der Waals surface area contributed by atoms with Crippen LogP contribution in [0.1, 0.15) is 30.3 Å². The summed E-state index contributed by atoms with van der Waals surface area (Å²) in [6.07, 6.45) is 0.890. The van der Waals surface area contributed by atoms with E-state index in [-0.39, 0.29) is 11.8 Å². The Morgan fingerprint density at radius 3 is 3.05 bits per heavy atom. The Morgan fingerprint density at radius 2 is 2.24 bits per heavy atom. The Bertz CT molecular complexity index is 653. The highest BCUT2D eigenvalue weighted by atomic mass is 32.1. The van der Waals surface area contributed by atoms with Crippen molar-refractivity contribution in [2.24, 2.45) is 5.92 Å². The number of nitrogens with one attached hydrogen (secondary N) is 2. The fourth-order valence-electron chi connectivity index (χ4n) is 2.45. The van der Waals surface area contributed by atoms with E-state index in [4.69, 9.17) is 0 Å². The molecule has 1 aliphatic rings. The average Bonchev–Trinajstić information content (AvgIpc) is 3.04. The summed E-state index contributed by atoms with van der Waals surface area (Å²) in [5, 5.41) is 15.9. The summed E-state index contributed by atoms with van der Waals surface area (Å²) in [6.45, 7) is 4.91. The van der Waals surface area contributed by atoms with Gasteiger partial charge in [0.2, 0.25) is 11.0 Å². The Labute approximate surface area is 127 Å². The molecule has 0 aliphatic carbocycles. The van der Waals surface area contributed by atoms with Crippen molar-refractivity contribution >= 4 is 28.1 Å². The van der Waals surface area contributed by atoms with E-state index >= 15 is 0 Å². The summed E-state index contributed by atoms with van der Waals surface area (Å²) in [5.74, 6) is 0.339. The molecule has 0 radical (unpaired) electrons. The third kappa shape index (κ3) is 3.05. The molecule has 6 heteroatoms. The molecular weight excluding hydrogens is 284 g/mol. The molecular formula is C15H18N4OS. The number of nitrogens with zero attached hydrogens (tertiary/aromatic N) is 2. The Balaban J connectivity index is 1.69. The van der Waals surface area contributed by atoms with E-state index in [0.29, 0.717) is 17.6 Å². The lowest BCUT2D eigenvalue weighted by Gasteiger charge is -2.08. The molecule has 5 nitrogen and oxygen atoms in total. The van der Waals surface area contributed by atoms with Crippen molar-refractivity contribution in [1.29, 1.82) is 0 Å². The largest absolute Gasteiger partial charge is 0.384 e. The first-order valence-corrected chi connectivity index (χ1v) is 7.91. The summed E-state index contributed by atoms with van der Waals surface area (Å²) >= 11 is 1.46. The lowest BCUT2D eigenvalue weighted by molar-refractivity contribution is -0.117. The van der Waals surface area contributed by atoms with Gasteiger partial charge in [-0.3, -0.25) is 10.1 Å². The van der Waals surface area contributed by atoms with E-state index < -0.39 is 0 Å². The maximum absolute atomic E-state index is 12.4. The highest BCUT2D eigenvalue weighted by Crippen LogP contribution is 2.32. The van der Waals surface area contributed by atoms with Crippen LogP contribution in [0.4, 0.5) is 10.8 Å². The Kier molecular flexibility index (Phi) is 3.88. The maximum Gasteiger partial charge on any atom is 0.235 e. The summed E-state index contributed by atoms with van der Waals surface area (Å²) < 4.78 is 0. The minimum atomic E-state index is -0.168. The molecule has 3 rings (SSSR count). The fourth-order valence-corrected chi connectivity index (χ4v) is 3.40. The molecule has 2 aromatic rings. The number of benzene rings is 1. The lowest BCUT2D eigenvalue weighted by Crippen LogP contribution is -2.22. The minimum absolute atomic E-state index is 0.0281. The number of hydrogen-bond donors (Lipinski definition) is 2. The summed E-state index contributed by atoms with van der Waals surface area (Å²) in [4.78, 5) is 12.4. The zero-order valence-electron chi connectivity index (χ0n) is 12.1. The second-order valence-corrected chi connectivity index (χ2v) is 6.67. The predicted molar refractivity (Wildman–Crippen MR) is 84.8 cm³/mol. The fraction of sp³-hybridized carbons (Fsp3) is 0.400. The zero-order chi connectivity index (χ0) is 14.8. The number of carbonyl (C=O) groups excluding carboxylic acids is 1. The van der Waals surface area contributed by atoms with Crippen LogP contribution >= 0.6 is 11.3 Å². The first-order chi connectivity index (χ1) is 10.1. The monoisotopic (exact) mass is 302 g/mol. The number of carbonyl (C=O) groups is 1. The second kappa shape index (κ2) is 5.81. The van der Waals surface area contributed by atoms with Crippen LogP contribution in [0.25, 0.3) is 0 Å². The van der Waals surface area contributed by atoms with E-state index in [1.54, 1.807) is 0 Å². The van der Waals surface area contributed by atoms with Crippen LogP contribution in [0.2, 0.25) is 0 Å². The van der Waals surface area contributed by atoms with Crippen LogP contribution in [-0.2, 0) is 11.2 Å². The van der Waals surface area contributed by atoms with Gasteiger partial charge in [-0.1, -0.05) is 43.4 Å². The SMILES string of the molecule is CC(C)Cc1nnc(NC(=O)C2CNc3ccccc32)s1. The van der Waals surface area contributed by atoms with E-state index in [2.05, 4.69) is 34.7 Å². The van der Waals surface area contributed by atoms with Gasteiger partial charge in [0.1, 0.15) is 5.01 Å². The van der Waals surface area contributed by atoms with E-state index in [1.807, 2.05) is 24.3 Å². The highest BCUT2D eigenvalue weighted by molar-refractivity contribution is 7.15. The van der Waals surface area contributed by atoms with Gasteiger partial charge in [-0.15, -0.1) is 10.2 Å². The molecule has 0 spiro atoms. The molecule has 0 fully saturated rings. The smallest absolute Gasteiger partial charge is 0.235 e. The first-order valence-electron chi connectivity index (χ1n) is 7.09. The topological polar surface area (TPSA) is 66.9 Å². The van der Waals surface area contributed by atoms with Crippen LogP contribution in [0, 0.1) is 5.92 Å². The van der Waals surface area contributed by atoms with Gasteiger partial charge in [-0.05, 0) is 17.5 Å². The molecule has 1 aliphatic heterocycles. The van der Waals surface area contributed by atoms with Crippen molar-refractivity contribution in [3.63, 3.8) is 0 Å². The molecule has 2 heterocycles. The molecule has 0 bridgehead atoms. The van der Waals surface area contributed by atoms with Crippen LogP contribution in [-0.4, -0.2) is 22.6 Å². The standard InChI is InChI=1S/C15H18N4OS/c1-9(2)7-13-18-19-15(21-13)17-14(20)11-8-16-12-6-4-3-5-10(11)12/h3-6,9,11,16H,7-8H2,1-2H3,(H,17,19,20). The maximum atomic E-state index is 12.4. The van der Waals surface area contributed by atoms with Crippen LogP contribution < -0.4 is 10.6 Å². The number of para-hydroxylation sites is 1. The predicted octanol–water partition coefficient (Wildman–Crippen LogP) is 2.88. The molecule has 1 amide bonds. The van der Waals surface area contributed by atoms with E-state index in [0.717, 1.165) is 22.7 Å². The highest BCUT2D eigenvalue weighted by Gasteiger charge is 2.28. The molecule has 0 saturated heterocycles. The molecule has 0 saturated carbocycles. The molecule has 2 N–H and O–H groups in total. The van der Waals surface area contributed by atoms with Gasteiger partial charge in [0.15, 0.2) is 0 Å². The molecule has 1 atom stereocenters. The van der Waals surface area contributed by atoms with Gasteiger partial charge < -0.3 is 5.32 Å². The van der Waals surface area contributed by atoms with Crippen LogP contribution in [0.15, 0.2) is 24.3 Å². The van der Waals surface area contributed by atoms with Crippen molar-refractivity contribution in [2.75, 3.05) is 17.2 Å². The van der Waals surface area contributed by atoms with Crippen molar-refractivity contribution < 1.29 is 4.79 Å². The number of anilines is 2. The number of hydrogen-bond acceptors (Lipinski definition) is 5. The van der Waals surface area contributed by atoms with Gasteiger partial charge in [-0.25, -0.2) is 0 Å². The van der Waals surface area contributed by atoms with Gasteiger partial charge >= 0.3 is 0 Å². The summed E-state index contributed by atoms with van der Waals surface area (Å²) in [7, 11) is 0. The van der Waals surface area contributed by atoms with Crippen molar-refractivity contribution in [2.45, 2.75) is 26.2 Å². The number of amides is 1.